The molecule has 16 heavy (non-hydrogen) atoms. The molecule has 1 aliphatic rings. The van der Waals surface area contributed by atoms with E-state index in [9.17, 15) is 0 Å². The quantitative estimate of drug-likeness (QED) is 0.501. The first kappa shape index (κ1) is 11.4. The lowest BCUT2D eigenvalue weighted by Crippen LogP contribution is -2.05. The number of fused-ring (bicyclic) bond motifs is 1. The summed E-state index contributed by atoms with van der Waals surface area (Å²) in [6, 6.07) is 8.76. The van der Waals surface area contributed by atoms with E-state index in [1.807, 2.05) is 0 Å². The lowest BCUT2D eigenvalue weighted by Gasteiger charge is -2.00. The van der Waals surface area contributed by atoms with Crippen molar-refractivity contribution in [3.8, 4) is 0 Å². The van der Waals surface area contributed by atoms with Crippen LogP contribution in [0, 0.1) is 0 Å². The van der Waals surface area contributed by atoms with Gasteiger partial charge >= 0.3 is 0 Å². The smallest absolute Gasteiger partial charge is 0.202 e. The molecular weight excluding hydrogens is 194 g/mol. The zero-order valence-corrected chi connectivity index (χ0v) is 10.3. The summed E-state index contributed by atoms with van der Waals surface area (Å²) in [4.78, 5) is 0. The second-order valence-corrected chi connectivity index (χ2v) is 4.62. The Morgan fingerprint density at radius 2 is 1.88 bits per heavy atom. The fraction of sp³-hybridized carbons (Fsp3) is 0.533. The van der Waals surface area contributed by atoms with Gasteiger partial charge in [0.05, 0.1) is 6.42 Å². The van der Waals surface area contributed by atoms with Gasteiger partial charge in [0.15, 0.2) is 0 Å². The Hall–Kier alpha value is -1.11. The Kier molecular flexibility index (Phi) is 4.15. The first-order chi connectivity index (χ1) is 7.92. The minimum atomic E-state index is 1.12. The maximum atomic E-state index is 2.43. The predicted octanol–water partition coefficient (Wildman–Crippen LogP) is 3.93. The van der Waals surface area contributed by atoms with Crippen molar-refractivity contribution in [3.05, 3.63) is 29.8 Å². The van der Waals surface area contributed by atoms with Crippen LogP contribution in [0.5, 0.6) is 0 Å². The van der Waals surface area contributed by atoms with Gasteiger partial charge in [-0.05, 0) is 6.42 Å². The molecule has 1 aromatic carbocycles. The van der Waals surface area contributed by atoms with E-state index in [1.54, 1.807) is 0 Å². The van der Waals surface area contributed by atoms with Crippen LogP contribution < -0.4 is 0 Å². The first-order valence-corrected chi connectivity index (χ1v) is 6.59. The number of para-hydroxylation sites is 1. The third-order valence-electron chi connectivity index (χ3n) is 3.34. The van der Waals surface area contributed by atoms with Crippen LogP contribution in [-0.2, 0) is 6.42 Å². The Morgan fingerprint density at radius 3 is 2.75 bits per heavy atom. The molecule has 0 bridgehead atoms. The number of unbranched alkanes of at least 4 members (excludes halogenated alkanes) is 4. The van der Waals surface area contributed by atoms with Gasteiger partial charge in [-0.25, -0.2) is 4.58 Å². The number of nitrogens with zero attached hydrogens (tertiary/aromatic N) is 1. The Labute approximate surface area is 98.8 Å². The maximum absolute atomic E-state index is 2.43. The number of rotatable bonds is 6. The normalized spacial score (nSPS) is 13.7. The summed E-state index contributed by atoms with van der Waals surface area (Å²) >= 11 is 0. The summed E-state index contributed by atoms with van der Waals surface area (Å²) in [5, 5.41) is 0. The average molecular weight is 216 g/mol. The van der Waals surface area contributed by atoms with Crippen molar-refractivity contribution < 1.29 is 4.58 Å². The fourth-order valence-corrected chi connectivity index (χ4v) is 2.37. The highest BCUT2D eigenvalue weighted by molar-refractivity contribution is 5.66. The van der Waals surface area contributed by atoms with Crippen molar-refractivity contribution in [3.63, 3.8) is 0 Å². The molecule has 0 radical (unpaired) electrons. The maximum Gasteiger partial charge on any atom is 0.208 e. The third-order valence-corrected chi connectivity index (χ3v) is 3.34. The van der Waals surface area contributed by atoms with E-state index in [2.05, 4.69) is 42.0 Å². The molecule has 1 aliphatic heterocycles. The van der Waals surface area contributed by atoms with Crippen molar-refractivity contribution in [2.45, 2.75) is 45.4 Å². The molecule has 0 saturated carbocycles. The van der Waals surface area contributed by atoms with E-state index in [0.717, 1.165) is 6.42 Å². The minimum absolute atomic E-state index is 1.12. The van der Waals surface area contributed by atoms with Crippen LogP contribution in [0.15, 0.2) is 24.3 Å². The molecule has 86 valence electrons. The lowest BCUT2D eigenvalue weighted by molar-refractivity contribution is -0.433. The van der Waals surface area contributed by atoms with E-state index in [1.165, 1.54) is 49.9 Å². The largest absolute Gasteiger partial charge is 0.208 e. The molecule has 1 heteroatoms. The highest BCUT2D eigenvalue weighted by Crippen LogP contribution is 2.23. The van der Waals surface area contributed by atoms with E-state index in [-0.39, 0.29) is 0 Å². The van der Waals surface area contributed by atoms with E-state index in [0.29, 0.717) is 0 Å². The van der Waals surface area contributed by atoms with Crippen molar-refractivity contribution in [2.24, 2.45) is 0 Å². The minimum Gasteiger partial charge on any atom is -0.202 e. The van der Waals surface area contributed by atoms with Gasteiger partial charge in [0, 0.05) is 18.1 Å². The van der Waals surface area contributed by atoms with Crippen molar-refractivity contribution in [1.29, 1.82) is 0 Å². The molecular formula is C15H22N+. The van der Waals surface area contributed by atoms with Crippen LogP contribution in [0.25, 0.3) is 0 Å². The molecule has 0 amide bonds. The summed E-state index contributed by atoms with van der Waals surface area (Å²) in [7, 11) is 0. The summed E-state index contributed by atoms with van der Waals surface area (Å²) in [5.41, 5.74) is 2.91. The lowest BCUT2D eigenvalue weighted by atomic mass is 10.1. The van der Waals surface area contributed by atoms with Gasteiger partial charge in [0.25, 0.3) is 0 Å². The van der Waals surface area contributed by atoms with Gasteiger partial charge in [0.1, 0.15) is 12.8 Å². The zero-order valence-electron chi connectivity index (χ0n) is 10.3. The Bertz CT molecular complexity index is 365. The SMILES string of the molecule is CCCCCCC[N+]1=CCc2ccccc21. The standard InChI is InChI=1S/C15H22N/c1-2-3-4-5-8-12-16-13-11-14-9-6-7-10-15(14)16/h6-7,9-10,13H,2-5,8,11-12H2,1H3/q+1. The van der Waals surface area contributed by atoms with Gasteiger partial charge in [0.2, 0.25) is 5.69 Å². The van der Waals surface area contributed by atoms with E-state index >= 15 is 0 Å². The van der Waals surface area contributed by atoms with Crippen molar-refractivity contribution in [1.82, 2.24) is 0 Å². The van der Waals surface area contributed by atoms with Crippen LogP contribution >= 0.6 is 0 Å². The molecule has 0 fully saturated rings. The molecule has 1 aromatic rings. The summed E-state index contributed by atoms with van der Waals surface area (Å²) in [5.74, 6) is 0. The molecule has 0 aromatic heterocycles. The number of hydrogen-bond acceptors (Lipinski definition) is 0. The molecule has 0 unspecified atom stereocenters. The predicted molar refractivity (Wildman–Crippen MR) is 69.8 cm³/mol. The zero-order chi connectivity index (χ0) is 11.2. The van der Waals surface area contributed by atoms with E-state index < -0.39 is 0 Å². The van der Waals surface area contributed by atoms with Crippen LogP contribution in [0.1, 0.15) is 44.6 Å². The van der Waals surface area contributed by atoms with Gasteiger partial charge in [-0.2, -0.15) is 0 Å². The number of benzene rings is 1. The Balaban J connectivity index is 1.80. The average Bonchev–Trinajstić information content (AvgIpc) is 2.73. The van der Waals surface area contributed by atoms with Crippen LogP contribution in [0.2, 0.25) is 0 Å². The molecule has 2 rings (SSSR count). The molecule has 0 atom stereocenters. The highest BCUT2D eigenvalue weighted by Gasteiger charge is 2.19. The molecule has 1 heterocycles. The van der Waals surface area contributed by atoms with Crippen LogP contribution in [0.4, 0.5) is 5.69 Å². The van der Waals surface area contributed by atoms with Crippen molar-refractivity contribution >= 4 is 11.9 Å². The number of hydrogen-bond donors (Lipinski definition) is 0. The second kappa shape index (κ2) is 5.83. The van der Waals surface area contributed by atoms with Gasteiger partial charge in [-0.1, -0.05) is 44.4 Å². The Morgan fingerprint density at radius 1 is 1.06 bits per heavy atom. The van der Waals surface area contributed by atoms with Gasteiger partial charge < -0.3 is 0 Å². The summed E-state index contributed by atoms with van der Waals surface area (Å²) in [6.07, 6.45) is 10.3. The molecule has 0 saturated heterocycles. The van der Waals surface area contributed by atoms with Gasteiger partial charge in [-0.3, -0.25) is 0 Å². The second-order valence-electron chi connectivity index (χ2n) is 4.62. The van der Waals surface area contributed by atoms with Crippen LogP contribution in [-0.4, -0.2) is 17.3 Å². The molecule has 0 spiro atoms. The monoisotopic (exact) mass is 216 g/mol. The van der Waals surface area contributed by atoms with E-state index in [4.69, 9.17) is 0 Å². The molecule has 0 aliphatic carbocycles. The van der Waals surface area contributed by atoms with Crippen molar-refractivity contribution in [2.75, 3.05) is 6.54 Å². The summed E-state index contributed by atoms with van der Waals surface area (Å²) < 4.78 is 2.43. The first-order valence-electron chi connectivity index (χ1n) is 6.59. The van der Waals surface area contributed by atoms with Crippen LogP contribution in [0.3, 0.4) is 0 Å². The topological polar surface area (TPSA) is 3.01 Å². The fourth-order valence-electron chi connectivity index (χ4n) is 2.37. The summed E-state index contributed by atoms with van der Waals surface area (Å²) in [6.45, 7) is 3.46. The highest BCUT2D eigenvalue weighted by atomic mass is 15.0. The molecule has 1 nitrogen and oxygen atoms in total. The molecule has 0 N–H and O–H groups in total. The third kappa shape index (κ3) is 2.72. The van der Waals surface area contributed by atoms with Gasteiger partial charge in [-0.15, -0.1) is 0 Å².